The van der Waals surface area contributed by atoms with Gasteiger partial charge >= 0.3 is 0 Å². The lowest BCUT2D eigenvalue weighted by Crippen LogP contribution is -2.04. The summed E-state index contributed by atoms with van der Waals surface area (Å²) in [4.78, 5) is 0. The Morgan fingerprint density at radius 2 is 2.00 bits per heavy atom. The van der Waals surface area contributed by atoms with E-state index >= 15 is 0 Å². The number of nitrogens with two attached hydrogens (primary N) is 1. The molecule has 0 aliphatic heterocycles. The number of rotatable bonds is 6. The molecule has 0 bridgehead atoms. The van der Waals surface area contributed by atoms with E-state index in [1.54, 1.807) is 19.2 Å². The van der Waals surface area contributed by atoms with Gasteiger partial charge in [-0.3, -0.25) is 0 Å². The molecule has 0 saturated heterocycles. The summed E-state index contributed by atoms with van der Waals surface area (Å²) in [5.41, 5.74) is 8.20. The van der Waals surface area contributed by atoms with E-state index in [-0.39, 0.29) is 5.82 Å². The standard InChI is InChI=1S/C16H19FN2O/c1-20-16-9-8-12(11-14(16)18)5-4-10-19-15-7-3-2-6-13(15)17/h2-3,6-9,11,19H,4-5,10,18H2,1H3. The molecule has 2 aromatic carbocycles. The molecule has 106 valence electrons. The Bertz CT molecular complexity index is 572. The molecule has 20 heavy (non-hydrogen) atoms. The Balaban J connectivity index is 1.82. The summed E-state index contributed by atoms with van der Waals surface area (Å²) in [5, 5.41) is 3.09. The molecule has 0 atom stereocenters. The quantitative estimate of drug-likeness (QED) is 0.626. The van der Waals surface area contributed by atoms with Crippen LogP contribution in [0, 0.1) is 5.82 Å². The van der Waals surface area contributed by atoms with Crippen LogP contribution >= 0.6 is 0 Å². The van der Waals surface area contributed by atoms with Crippen LogP contribution in [-0.4, -0.2) is 13.7 Å². The van der Waals surface area contributed by atoms with Crippen molar-refractivity contribution in [1.82, 2.24) is 0 Å². The second kappa shape index (κ2) is 6.80. The molecule has 3 N–H and O–H groups in total. The Kier molecular flexibility index (Phi) is 4.82. The molecule has 0 amide bonds. The highest BCUT2D eigenvalue weighted by Crippen LogP contribution is 2.22. The van der Waals surface area contributed by atoms with Crippen LogP contribution in [0.25, 0.3) is 0 Å². The molecule has 0 unspecified atom stereocenters. The molecule has 0 aromatic heterocycles. The van der Waals surface area contributed by atoms with Gasteiger partial charge in [-0.1, -0.05) is 18.2 Å². The third kappa shape index (κ3) is 3.63. The van der Waals surface area contributed by atoms with Crippen LogP contribution in [0.5, 0.6) is 5.75 Å². The van der Waals surface area contributed by atoms with E-state index in [0.717, 1.165) is 18.4 Å². The number of nitrogen functional groups attached to an aromatic ring is 1. The Hall–Kier alpha value is -2.23. The molecule has 2 aromatic rings. The Labute approximate surface area is 118 Å². The minimum absolute atomic E-state index is 0.221. The third-order valence-corrected chi connectivity index (χ3v) is 3.13. The van der Waals surface area contributed by atoms with Crippen LogP contribution in [0.3, 0.4) is 0 Å². The number of anilines is 2. The monoisotopic (exact) mass is 274 g/mol. The van der Waals surface area contributed by atoms with Gasteiger partial charge in [0, 0.05) is 6.54 Å². The number of methoxy groups -OCH3 is 1. The summed E-state index contributed by atoms with van der Waals surface area (Å²) in [6.07, 6.45) is 1.79. The van der Waals surface area contributed by atoms with E-state index in [2.05, 4.69) is 5.32 Å². The Morgan fingerprint density at radius 3 is 2.70 bits per heavy atom. The van der Waals surface area contributed by atoms with Crippen LogP contribution in [-0.2, 0) is 6.42 Å². The lowest BCUT2D eigenvalue weighted by molar-refractivity contribution is 0.417. The van der Waals surface area contributed by atoms with Gasteiger partial charge in [-0.2, -0.15) is 0 Å². The molecule has 2 rings (SSSR count). The number of nitrogens with one attached hydrogen (secondary N) is 1. The first-order valence-electron chi connectivity index (χ1n) is 6.61. The molecular weight excluding hydrogens is 255 g/mol. The highest BCUT2D eigenvalue weighted by Gasteiger charge is 2.02. The smallest absolute Gasteiger partial charge is 0.146 e. The summed E-state index contributed by atoms with van der Waals surface area (Å²) in [6, 6.07) is 12.5. The number of hydrogen-bond acceptors (Lipinski definition) is 3. The number of halogens is 1. The molecule has 0 aliphatic carbocycles. The van der Waals surface area contributed by atoms with Gasteiger partial charge in [-0.05, 0) is 42.7 Å². The first-order valence-corrected chi connectivity index (χ1v) is 6.61. The van der Waals surface area contributed by atoms with Crippen LogP contribution in [0.4, 0.5) is 15.8 Å². The van der Waals surface area contributed by atoms with E-state index in [0.29, 0.717) is 23.7 Å². The van der Waals surface area contributed by atoms with E-state index < -0.39 is 0 Å². The van der Waals surface area contributed by atoms with E-state index in [4.69, 9.17) is 10.5 Å². The molecule has 0 aliphatic rings. The fraction of sp³-hybridized carbons (Fsp3) is 0.250. The first-order chi connectivity index (χ1) is 9.70. The lowest BCUT2D eigenvalue weighted by Gasteiger charge is -2.09. The van der Waals surface area contributed by atoms with Crippen molar-refractivity contribution in [3.05, 3.63) is 53.8 Å². The minimum Gasteiger partial charge on any atom is -0.495 e. The van der Waals surface area contributed by atoms with Gasteiger partial charge in [0.2, 0.25) is 0 Å². The van der Waals surface area contributed by atoms with Crippen LogP contribution < -0.4 is 15.8 Å². The van der Waals surface area contributed by atoms with Crippen molar-refractivity contribution >= 4 is 11.4 Å². The number of hydrogen-bond donors (Lipinski definition) is 2. The summed E-state index contributed by atoms with van der Waals surface area (Å²) in [7, 11) is 1.60. The molecule has 0 spiro atoms. The van der Waals surface area contributed by atoms with Crippen molar-refractivity contribution in [2.75, 3.05) is 24.7 Å². The van der Waals surface area contributed by atoms with Gasteiger partial charge in [-0.15, -0.1) is 0 Å². The first kappa shape index (κ1) is 14.2. The SMILES string of the molecule is COc1ccc(CCCNc2ccccc2F)cc1N. The minimum atomic E-state index is -0.221. The molecule has 0 fully saturated rings. The van der Waals surface area contributed by atoms with Gasteiger partial charge < -0.3 is 15.8 Å². The van der Waals surface area contributed by atoms with Gasteiger partial charge in [0.25, 0.3) is 0 Å². The zero-order valence-electron chi connectivity index (χ0n) is 11.5. The number of benzene rings is 2. The van der Waals surface area contributed by atoms with Crippen molar-refractivity contribution in [2.24, 2.45) is 0 Å². The van der Waals surface area contributed by atoms with E-state index in [1.165, 1.54) is 6.07 Å². The Morgan fingerprint density at radius 1 is 1.20 bits per heavy atom. The lowest BCUT2D eigenvalue weighted by atomic mass is 10.1. The summed E-state index contributed by atoms with van der Waals surface area (Å²) in [6.45, 7) is 0.715. The zero-order chi connectivity index (χ0) is 14.4. The van der Waals surface area contributed by atoms with Crippen molar-refractivity contribution in [2.45, 2.75) is 12.8 Å². The summed E-state index contributed by atoms with van der Waals surface area (Å²) >= 11 is 0. The van der Waals surface area contributed by atoms with Crippen molar-refractivity contribution in [3.8, 4) is 5.75 Å². The van der Waals surface area contributed by atoms with Crippen LogP contribution in [0.1, 0.15) is 12.0 Å². The van der Waals surface area contributed by atoms with Crippen molar-refractivity contribution in [1.29, 1.82) is 0 Å². The molecular formula is C16H19FN2O. The topological polar surface area (TPSA) is 47.3 Å². The molecule has 0 radical (unpaired) electrons. The molecule has 3 nitrogen and oxygen atoms in total. The predicted octanol–water partition coefficient (Wildman–Crippen LogP) is 3.46. The average Bonchev–Trinajstić information content (AvgIpc) is 2.45. The molecule has 0 saturated carbocycles. The maximum Gasteiger partial charge on any atom is 0.146 e. The van der Waals surface area contributed by atoms with E-state index in [9.17, 15) is 4.39 Å². The highest BCUT2D eigenvalue weighted by atomic mass is 19.1. The predicted molar refractivity (Wildman–Crippen MR) is 80.6 cm³/mol. The molecule has 0 heterocycles. The van der Waals surface area contributed by atoms with Crippen LogP contribution in [0.15, 0.2) is 42.5 Å². The van der Waals surface area contributed by atoms with Crippen LogP contribution in [0.2, 0.25) is 0 Å². The fourth-order valence-corrected chi connectivity index (χ4v) is 2.06. The molecule has 4 heteroatoms. The fourth-order valence-electron chi connectivity index (χ4n) is 2.06. The van der Waals surface area contributed by atoms with Crippen molar-refractivity contribution < 1.29 is 9.13 Å². The average molecular weight is 274 g/mol. The number of aryl methyl sites for hydroxylation is 1. The summed E-state index contributed by atoms with van der Waals surface area (Å²) in [5.74, 6) is 0.472. The normalized spacial score (nSPS) is 10.3. The highest BCUT2D eigenvalue weighted by molar-refractivity contribution is 5.54. The maximum atomic E-state index is 13.4. The second-order valence-electron chi connectivity index (χ2n) is 4.59. The third-order valence-electron chi connectivity index (χ3n) is 3.13. The number of para-hydroxylation sites is 1. The van der Waals surface area contributed by atoms with E-state index in [1.807, 2.05) is 24.3 Å². The van der Waals surface area contributed by atoms with Gasteiger partial charge in [0.1, 0.15) is 11.6 Å². The second-order valence-corrected chi connectivity index (χ2v) is 4.59. The van der Waals surface area contributed by atoms with Gasteiger partial charge in [0.15, 0.2) is 0 Å². The number of ether oxygens (including phenoxy) is 1. The van der Waals surface area contributed by atoms with Gasteiger partial charge in [-0.25, -0.2) is 4.39 Å². The maximum absolute atomic E-state index is 13.4. The largest absolute Gasteiger partial charge is 0.495 e. The van der Waals surface area contributed by atoms with Gasteiger partial charge in [0.05, 0.1) is 18.5 Å². The zero-order valence-corrected chi connectivity index (χ0v) is 11.5. The summed E-state index contributed by atoms with van der Waals surface area (Å²) < 4.78 is 18.5. The van der Waals surface area contributed by atoms with Crippen molar-refractivity contribution in [3.63, 3.8) is 0 Å².